The summed E-state index contributed by atoms with van der Waals surface area (Å²) in [4.78, 5) is 4.00. The van der Waals surface area contributed by atoms with Crippen molar-refractivity contribution in [2.75, 3.05) is 4.72 Å². The van der Waals surface area contributed by atoms with E-state index < -0.39 is 10.0 Å². The number of pyridine rings is 1. The van der Waals surface area contributed by atoms with Crippen LogP contribution in [0.2, 0.25) is 5.15 Å². The van der Waals surface area contributed by atoms with Gasteiger partial charge in [0.15, 0.2) is 0 Å². The van der Waals surface area contributed by atoms with E-state index in [1.165, 1.54) is 12.1 Å². The van der Waals surface area contributed by atoms with Gasteiger partial charge in [-0.25, -0.2) is 13.4 Å². The first-order chi connectivity index (χ1) is 8.88. The van der Waals surface area contributed by atoms with Crippen molar-refractivity contribution < 1.29 is 8.42 Å². The van der Waals surface area contributed by atoms with Crippen LogP contribution in [0.15, 0.2) is 50.2 Å². The van der Waals surface area contributed by atoms with Crippen LogP contribution in [0.3, 0.4) is 0 Å². The third-order valence-electron chi connectivity index (χ3n) is 2.14. The second-order valence-electron chi connectivity index (χ2n) is 3.53. The van der Waals surface area contributed by atoms with Gasteiger partial charge in [0.05, 0.1) is 0 Å². The molecule has 0 amide bonds. The second kappa shape index (κ2) is 5.78. The van der Waals surface area contributed by atoms with Gasteiger partial charge in [0.25, 0.3) is 10.0 Å². The monoisotopic (exact) mass is 424 g/mol. The van der Waals surface area contributed by atoms with Crippen molar-refractivity contribution in [3.63, 3.8) is 0 Å². The maximum absolute atomic E-state index is 12.2. The number of halogens is 3. The summed E-state index contributed by atoms with van der Waals surface area (Å²) in [5.41, 5.74) is 0. The fraction of sp³-hybridized carbons (Fsp3) is 0. The lowest BCUT2D eigenvalue weighted by Gasteiger charge is -2.09. The van der Waals surface area contributed by atoms with Crippen molar-refractivity contribution in [3.05, 3.63) is 50.5 Å². The van der Waals surface area contributed by atoms with Crippen molar-refractivity contribution in [2.45, 2.75) is 4.90 Å². The minimum absolute atomic E-state index is 0.123. The summed E-state index contributed by atoms with van der Waals surface area (Å²) in [7, 11) is -3.72. The lowest BCUT2D eigenvalue weighted by molar-refractivity contribution is 0.600. The molecule has 0 bridgehead atoms. The maximum Gasteiger partial charge on any atom is 0.264 e. The Hall–Kier alpha value is -0.630. The van der Waals surface area contributed by atoms with Crippen LogP contribution in [0, 0.1) is 0 Å². The van der Waals surface area contributed by atoms with Gasteiger partial charge in [-0.2, -0.15) is 0 Å². The van der Waals surface area contributed by atoms with Crippen LogP contribution in [-0.2, 0) is 10.0 Å². The minimum Gasteiger partial charge on any atom is -0.263 e. The summed E-state index contributed by atoms with van der Waals surface area (Å²) in [6.45, 7) is 0. The lowest BCUT2D eigenvalue weighted by Crippen LogP contribution is -2.14. The number of rotatable bonds is 3. The van der Waals surface area contributed by atoms with E-state index in [1.54, 1.807) is 24.3 Å². The molecule has 0 spiro atoms. The molecule has 0 fully saturated rings. The molecule has 2 aromatic rings. The predicted molar refractivity (Wildman–Crippen MR) is 81.9 cm³/mol. The SMILES string of the molecule is O=S(=O)(Nc1cccc(Cl)n1)c1ccc(Br)cc1Br. The van der Waals surface area contributed by atoms with Gasteiger partial charge in [0.1, 0.15) is 15.9 Å². The molecule has 0 saturated carbocycles. The highest BCUT2D eigenvalue weighted by Gasteiger charge is 2.18. The van der Waals surface area contributed by atoms with E-state index in [1.807, 2.05) is 0 Å². The molecule has 1 aromatic carbocycles. The molecule has 0 aliphatic rings. The Balaban J connectivity index is 2.38. The molecule has 1 aromatic heterocycles. The number of benzene rings is 1. The standard InChI is InChI=1S/C11H7Br2ClN2O2S/c12-7-4-5-9(8(13)6-7)19(17,18)16-11-3-1-2-10(14)15-11/h1-6H,(H,15,16). The highest BCUT2D eigenvalue weighted by molar-refractivity contribution is 9.11. The topological polar surface area (TPSA) is 59.1 Å². The number of nitrogens with one attached hydrogen (secondary N) is 1. The first kappa shape index (κ1) is 14.8. The summed E-state index contributed by atoms with van der Waals surface area (Å²) in [5, 5.41) is 0.218. The normalized spacial score (nSPS) is 11.3. The van der Waals surface area contributed by atoms with E-state index in [0.717, 1.165) is 4.47 Å². The first-order valence-corrected chi connectivity index (χ1v) is 8.43. The van der Waals surface area contributed by atoms with E-state index in [4.69, 9.17) is 11.6 Å². The smallest absolute Gasteiger partial charge is 0.263 e. The lowest BCUT2D eigenvalue weighted by atomic mass is 10.4. The number of sulfonamides is 1. The molecule has 4 nitrogen and oxygen atoms in total. The van der Waals surface area contributed by atoms with Crippen molar-refractivity contribution in [1.29, 1.82) is 0 Å². The summed E-state index contributed by atoms with van der Waals surface area (Å²) in [6.07, 6.45) is 0. The highest BCUT2D eigenvalue weighted by atomic mass is 79.9. The molecule has 100 valence electrons. The quantitative estimate of drug-likeness (QED) is 0.753. The summed E-state index contributed by atoms with van der Waals surface area (Å²) in [6, 6.07) is 9.49. The first-order valence-electron chi connectivity index (χ1n) is 4.99. The summed E-state index contributed by atoms with van der Waals surface area (Å²) >= 11 is 12.2. The van der Waals surface area contributed by atoms with E-state index >= 15 is 0 Å². The third kappa shape index (κ3) is 3.68. The van der Waals surface area contributed by atoms with Crippen molar-refractivity contribution in [2.24, 2.45) is 0 Å². The van der Waals surface area contributed by atoms with Crippen LogP contribution in [0.4, 0.5) is 5.82 Å². The zero-order valence-corrected chi connectivity index (χ0v) is 14.0. The van der Waals surface area contributed by atoms with Gasteiger partial charge in [0, 0.05) is 8.95 Å². The third-order valence-corrected chi connectivity index (χ3v) is 5.17. The van der Waals surface area contributed by atoms with Gasteiger partial charge in [0.2, 0.25) is 0 Å². The Morgan fingerprint density at radius 3 is 2.53 bits per heavy atom. The molecule has 0 saturated heterocycles. The molecule has 8 heteroatoms. The van der Waals surface area contributed by atoms with Crippen molar-refractivity contribution in [1.82, 2.24) is 4.98 Å². The Bertz CT molecular complexity index is 722. The zero-order chi connectivity index (χ0) is 14.0. The van der Waals surface area contributed by atoms with Gasteiger partial charge in [-0.3, -0.25) is 4.72 Å². The maximum atomic E-state index is 12.2. The molecular formula is C11H7Br2ClN2O2S. The van der Waals surface area contributed by atoms with Crippen LogP contribution >= 0.6 is 43.5 Å². The van der Waals surface area contributed by atoms with Crippen LogP contribution in [0.1, 0.15) is 0 Å². The Labute approximate surface area is 132 Å². The van der Waals surface area contributed by atoms with Gasteiger partial charge < -0.3 is 0 Å². The molecule has 0 atom stereocenters. The molecule has 1 heterocycles. The van der Waals surface area contributed by atoms with E-state index in [9.17, 15) is 8.42 Å². The highest BCUT2D eigenvalue weighted by Crippen LogP contribution is 2.27. The fourth-order valence-electron chi connectivity index (χ4n) is 1.35. The molecule has 2 rings (SSSR count). The average Bonchev–Trinajstić information content (AvgIpc) is 2.27. The Kier molecular flexibility index (Phi) is 4.50. The van der Waals surface area contributed by atoms with Crippen molar-refractivity contribution >= 4 is 59.3 Å². The number of nitrogens with zero attached hydrogens (tertiary/aromatic N) is 1. The van der Waals surface area contributed by atoms with Crippen LogP contribution in [0.25, 0.3) is 0 Å². The van der Waals surface area contributed by atoms with Gasteiger partial charge in [-0.05, 0) is 46.3 Å². The number of hydrogen-bond donors (Lipinski definition) is 1. The largest absolute Gasteiger partial charge is 0.264 e. The molecule has 0 aliphatic carbocycles. The van der Waals surface area contributed by atoms with Gasteiger partial charge in [-0.15, -0.1) is 0 Å². The van der Waals surface area contributed by atoms with Crippen LogP contribution in [-0.4, -0.2) is 13.4 Å². The zero-order valence-electron chi connectivity index (χ0n) is 9.27. The molecule has 0 unspecified atom stereocenters. The Morgan fingerprint density at radius 2 is 1.89 bits per heavy atom. The molecular weight excluding hydrogens is 419 g/mol. The summed E-state index contributed by atoms with van der Waals surface area (Å²) in [5.74, 6) is 0.169. The van der Waals surface area contributed by atoms with Gasteiger partial charge in [-0.1, -0.05) is 33.6 Å². The molecule has 1 N–H and O–H groups in total. The van der Waals surface area contributed by atoms with Crippen LogP contribution < -0.4 is 4.72 Å². The second-order valence-corrected chi connectivity index (χ2v) is 7.33. The molecule has 0 radical (unpaired) electrons. The number of hydrogen-bond acceptors (Lipinski definition) is 3. The van der Waals surface area contributed by atoms with Crippen molar-refractivity contribution in [3.8, 4) is 0 Å². The van der Waals surface area contributed by atoms with Gasteiger partial charge >= 0.3 is 0 Å². The van der Waals surface area contributed by atoms with E-state index in [-0.39, 0.29) is 15.9 Å². The summed E-state index contributed by atoms with van der Waals surface area (Å²) < 4.78 is 28.0. The van der Waals surface area contributed by atoms with Crippen LogP contribution in [0.5, 0.6) is 0 Å². The Morgan fingerprint density at radius 1 is 1.16 bits per heavy atom. The minimum atomic E-state index is -3.72. The molecule has 19 heavy (non-hydrogen) atoms. The molecule has 0 aliphatic heterocycles. The predicted octanol–water partition coefficient (Wildman–Crippen LogP) is 4.06. The fourth-order valence-corrected chi connectivity index (χ4v) is 4.26. The average molecular weight is 427 g/mol. The van der Waals surface area contributed by atoms with E-state index in [2.05, 4.69) is 41.6 Å². The van der Waals surface area contributed by atoms with E-state index in [0.29, 0.717) is 4.47 Å². The number of anilines is 1. The number of aromatic nitrogens is 1.